The van der Waals surface area contributed by atoms with E-state index in [0.29, 0.717) is 24.7 Å². The Kier molecular flexibility index (Phi) is 7.22. The van der Waals surface area contributed by atoms with E-state index in [9.17, 15) is 4.79 Å². The number of ether oxygens (including phenoxy) is 2. The van der Waals surface area contributed by atoms with Gasteiger partial charge < -0.3 is 14.8 Å². The minimum atomic E-state index is -0.0512. The van der Waals surface area contributed by atoms with Crippen molar-refractivity contribution in [3.05, 3.63) is 75.7 Å². The number of rotatable bonds is 8. The van der Waals surface area contributed by atoms with Crippen molar-refractivity contribution in [1.29, 1.82) is 0 Å². The number of fused-ring (bicyclic) bond motifs is 1. The van der Waals surface area contributed by atoms with Crippen molar-refractivity contribution in [3.8, 4) is 11.5 Å². The molecule has 0 aliphatic heterocycles. The normalized spacial score (nSPS) is 13.1. The van der Waals surface area contributed by atoms with Gasteiger partial charge in [-0.05, 0) is 67.5 Å². The number of thiophene rings is 1. The van der Waals surface area contributed by atoms with E-state index in [4.69, 9.17) is 14.5 Å². The molecule has 0 unspecified atom stereocenters. The van der Waals surface area contributed by atoms with E-state index >= 15 is 0 Å². The molecule has 32 heavy (non-hydrogen) atoms. The smallest absolute Gasteiger partial charge is 0.254 e. The fourth-order valence-electron chi connectivity index (χ4n) is 3.92. The number of amides is 1. The number of aryl methyl sites for hydroxylation is 1. The van der Waals surface area contributed by atoms with Crippen molar-refractivity contribution in [1.82, 2.24) is 5.32 Å². The van der Waals surface area contributed by atoms with Gasteiger partial charge in [0, 0.05) is 17.6 Å². The SMILES string of the molecule is CCOc1ccc(C=Nc2sc3c(c2C(=O)NCc2ccccc2)CCCC3)cc1OC. The molecule has 0 saturated heterocycles. The number of hydrogen-bond donors (Lipinski definition) is 1. The molecule has 0 saturated carbocycles. The molecule has 4 rings (SSSR count). The Bertz CT molecular complexity index is 1110. The molecule has 1 amide bonds. The van der Waals surface area contributed by atoms with Crippen LogP contribution in [-0.2, 0) is 19.4 Å². The first-order chi connectivity index (χ1) is 15.7. The highest BCUT2D eigenvalue weighted by Crippen LogP contribution is 2.40. The van der Waals surface area contributed by atoms with E-state index in [1.165, 1.54) is 10.4 Å². The molecule has 3 aromatic rings. The monoisotopic (exact) mass is 448 g/mol. The summed E-state index contributed by atoms with van der Waals surface area (Å²) in [5, 5.41) is 3.86. The average molecular weight is 449 g/mol. The third kappa shape index (κ3) is 5.02. The minimum absolute atomic E-state index is 0.0512. The fraction of sp³-hybridized carbons (Fsp3) is 0.308. The van der Waals surface area contributed by atoms with Crippen LogP contribution in [0, 0.1) is 0 Å². The number of methoxy groups -OCH3 is 1. The molecule has 1 aliphatic carbocycles. The molecular weight excluding hydrogens is 420 g/mol. The number of aliphatic imine (C=N–C) groups is 1. The molecule has 0 bridgehead atoms. The third-order valence-electron chi connectivity index (χ3n) is 5.49. The van der Waals surface area contributed by atoms with E-state index in [1.54, 1.807) is 24.7 Å². The molecule has 6 heteroatoms. The fourth-order valence-corrected chi connectivity index (χ4v) is 5.15. The van der Waals surface area contributed by atoms with Crippen LogP contribution in [0.5, 0.6) is 11.5 Å². The van der Waals surface area contributed by atoms with Crippen molar-refractivity contribution >= 4 is 28.5 Å². The first kappa shape index (κ1) is 22.1. The number of carbonyl (C=O) groups excluding carboxylic acids is 1. The summed E-state index contributed by atoms with van der Waals surface area (Å²) in [6, 6.07) is 15.7. The molecule has 0 radical (unpaired) electrons. The molecule has 1 aromatic heterocycles. The van der Waals surface area contributed by atoms with Gasteiger partial charge in [-0.2, -0.15) is 0 Å². The average Bonchev–Trinajstić information content (AvgIpc) is 3.21. The van der Waals surface area contributed by atoms with Gasteiger partial charge in [0.05, 0.1) is 19.3 Å². The van der Waals surface area contributed by atoms with Gasteiger partial charge in [-0.15, -0.1) is 11.3 Å². The van der Waals surface area contributed by atoms with E-state index in [0.717, 1.165) is 47.4 Å². The van der Waals surface area contributed by atoms with Crippen molar-refractivity contribution in [2.45, 2.75) is 39.2 Å². The summed E-state index contributed by atoms with van der Waals surface area (Å²) in [6.45, 7) is 3.02. The molecule has 166 valence electrons. The number of nitrogens with one attached hydrogen (secondary N) is 1. The van der Waals surface area contributed by atoms with E-state index in [1.807, 2.05) is 55.5 Å². The van der Waals surface area contributed by atoms with Gasteiger partial charge in [0.1, 0.15) is 5.00 Å². The van der Waals surface area contributed by atoms with Crippen molar-refractivity contribution in [3.63, 3.8) is 0 Å². The lowest BCUT2D eigenvalue weighted by Gasteiger charge is -2.13. The minimum Gasteiger partial charge on any atom is -0.493 e. The zero-order chi connectivity index (χ0) is 22.3. The van der Waals surface area contributed by atoms with Gasteiger partial charge in [-0.3, -0.25) is 4.79 Å². The van der Waals surface area contributed by atoms with Crippen LogP contribution in [0.2, 0.25) is 0 Å². The van der Waals surface area contributed by atoms with Crippen molar-refractivity contribution < 1.29 is 14.3 Å². The topological polar surface area (TPSA) is 59.9 Å². The summed E-state index contributed by atoms with van der Waals surface area (Å²) >= 11 is 1.64. The lowest BCUT2D eigenvalue weighted by atomic mass is 9.95. The lowest BCUT2D eigenvalue weighted by molar-refractivity contribution is 0.0951. The molecule has 0 spiro atoms. The highest BCUT2D eigenvalue weighted by atomic mass is 32.1. The summed E-state index contributed by atoms with van der Waals surface area (Å²) in [5.74, 6) is 1.33. The van der Waals surface area contributed by atoms with Crippen LogP contribution >= 0.6 is 11.3 Å². The van der Waals surface area contributed by atoms with E-state index < -0.39 is 0 Å². The van der Waals surface area contributed by atoms with E-state index in [-0.39, 0.29) is 5.91 Å². The third-order valence-corrected chi connectivity index (χ3v) is 6.69. The highest BCUT2D eigenvalue weighted by Gasteiger charge is 2.25. The van der Waals surface area contributed by atoms with Crippen LogP contribution in [0.4, 0.5) is 5.00 Å². The maximum Gasteiger partial charge on any atom is 0.254 e. The molecule has 1 N–H and O–H groups in total. The van der Waals surface area contributed by atoms with Crippen molar-refractivity contribution in [2.24, 2.45) is 4.99 Å². The second kappa shape index (κ2) is 10.5. The van der Waals surface area contributed by atoms with Crippen LogP contribution in [-0.4, -0.2) is 25.8 Å². The van der Waals surface area contributed by atoms with Crippen LogP contribution in [0.15, 0.2) is 53.5 Å². The Morgan fingerprint density at radius 1 is 1.12 bits per heavy atom. The summed E-state index contributed by atoms with van der Waals surface area (Å²) in [7, 11) is 1.63. The number of carbonyl (C=O) groups is 1. The maximum absolute atomic E-state index is 13.2. The molecule has 2 aromatic carbocycles. The molecule has 5 nitrogen and oxygen atoms in total. The number of nitrogens with zero attached hydrogens (tertiary/aromatic N) is 1. The molecule has 1 aliphatic rings. The van der Waals surface area contributed by atoms with Gasteiger partial charge in [-0.1, -0.05) is 30.3 Å². The summed E-state index contributed by atoms with van der Waals surface area (Å²) in [4.78, 5) is 19.2. The van der Waals surface area contributed by atoms with Gasteiger partial charge in [0.15, 0.2) is 11.5 Å². The van der Waals surface area contributed by atoms with Gasteiger partial charge in [0.2, 0.25) is 0 Å². The predicted molar refractivity (Wildman–Crippen MR) is 130 cm³/mol. The molecule has 0 fully saturated rings. The van der Waals surface area contributed by atoms with Crippen LogP contribution in [0.3, 0.4) is 0 Å². The molecular formula is C26H28N2O3S. The van der Waals surface area contributed by atoms with Gasteiger partial charge >= 0.3 is 0 Å². The Morgan fingerprint density at radius 2 is 1.94 bits per heavy atom. The largest absolute Gasteiger partial charge is 0.493 e. The maximum atomic E-state index is 13.2. The summed E-state index contributed by atoms with van der Waals surface area (Å²) in [5.41, 5.74) is 3.88. The first-order valence-electron chi connectivity index (χ1n) is 11.0. The zero-order valence-electron chi connectivity index (χ0n) is 18.5. The lowest BCUT2D eigenvalue weighted by Crippen LogP contribution is -2.24. The number of hydrogen-bond acceptors (Lipinski definition) is 5. The predicted octanol–water partition coefficient (Wildman–Crippen LogP) is 5.71. The van der Waals surface area contributed by atoms with Crippen LogP contribution < -0.4 is 14.8 Å². The molecule has 1 heterocycles. The first-order valence-corrected chi connectivity index (χ1v) is 11.8. The Balaban J connectivity index is 1.59. The summed E-state index contributed by atoms with van der Waals surface area (Å²) in [6.07, 6.45) is 6.03. The van der Waals surface area contributed by atoms with Gasteiger partial charge in [-0.25, -0.2) is 4.99 Å². The molecule has 0 atom stereocenters. The Morgan fingerprint density at radius 3 is 2.72 bits per heavy atom. The highest BCUT2D eigenvalue weighted by molar-refractivity contribution is 7.16. The zero-order valence-corrected chi connectivity index (χ0v) is 19.3. The van der Waals surface area contributed by atoms with E-state index in [2.05, 4.69) is 5.32 Å². The Labute approximate surface area is 193 Å². The second-order valence-electron chi connectivity index (χ2n) is 7.66. The Hall–Kier alpha value is -3.12. The second-order valence-corrected chi connectivity index (χ2v) is 8.74. The number of benzene rings is 2. The standard InChI is InChI=1S/C26H28N2O3S/c1-3-31-21-14-13-19(15-22(21)30-2)17-28-26-24(20-11-7-8-12-23(20)32-26)25(29)27-16-18-9-5-4-6-10-18/h4-6,9-10,13-15,17H,3,7-8,11-12,16H2,1-2H3,(H,27,29). The van der Waals surface area contributed by atoms with Crippen molar-refractivity contribution in [2.75, 3.05) is 13.7 Å². The van der Waals surface area contributed by atoms with Crippen LogP contribution in [0.1, 0.15) is 51.7 Å². The van der Waals surface area contributed by atoms with Crippen LogP contribution in [0.25, 0.3) is 0 Å². The quantitative estimate of drug-likeness (QED) is 0.449. The summed E-state index contributed by atoms with van der Waals surface area (Å²) < 4.78 is 11.0. The van der Waals surface area contributed by atoms with Gasteiger partial charge in [0.25, 0.3) is 5.91 Å².